The number of hydrogen-bond acceptors (Lipinski definition) is 6. The molecule has 1 amide bonds. The number of aromatic nitrogens is 3. The lowest BCUT2D eigenvalue weighted by molar-refractivity contribution is -0.135. The zero-order valence-corrected chi connectivity index (χ0v) is 24.5. The molecule has 4 aromatic rings. The van der Waals surface area contributed by atoms with E-state index in [0.29, 0.717) is 44.8 Å². The van der Waals surface area contributed by atoms with Crippen LogP contribution in [0.3, 0.4) is 0 Å². The van der Waals surface area contributed by atoms with Gasteiger partial charge in [0.15, 0.2) is 0 Å². The number of rotatable bonds is 7. The summed E-state index contributed by atoms with van der Waals surface area (Å²) >= 11 is 0. The van der Waals surface area contributed by atoms with Gasteiger partial charge in [-0.25, -0.2) is 0 Å². The van der Waals surface area contributed by atoms with Crippen LogP contribution in [0.1, 0.15) is 61.5 Å². The number of amides is 1. The molecule has 7 rings (SSSR count). The molecule has 3 aromatic heterocycles. The summed E-state index contributed by atoms with van der Waals surface area (Å²) in [4.78, 5) is 28.1. The van der Waals surface area contributed by atoms with E-state index in [0.717, 1.165) is 60.9 Å². The number of benzene rings is 1. The number of morpholine rings is 1. The van der Waals surface area contributed by atoms with Crippen LogP contribution in [0.4, 0.5) is 0 Å². The van der Waals surface area contributed by atoms with E-state index in [1.165, 1.54) is 35.9 Å². The summed E-state index contributed by atoms with van der Waals surface area (Å²) in [5, 5.41) is 2.33. The standard InChI is InChI=1S/C34H42N6O2/c35-26-12-10-24(11-13-26)21-39(31-9-3-5-25-6-4-15-37-33(25)31)22-29-34-28(14-16-36-29)27-7-1-2-8-30(27)40(34)23-32(41)38-17-19-42-20-18-38/h1-2,4,6-8,14-16,24,26,31H,3,5,9-13,17-23,35H2/t24-,26+,31-/m0/s1. The van der Waals surface area contributed by atoms with Crippen molar-refractivity contribution in [3.05, 3.63) is 71.8 Å². The van der Waals surface area contributed by atoms with E-state index in [1.54, 1.807) is 0 Å². The van der Waals surface area contributed by atoms with Crippen molar-refractivity contribution in [3.63, 3.8) is 0 Å². The Morgan fingerprint density at radius 3 is 2.64 bits per heavy atom. The Bertz CT molecular complexity index is 1550. The fraction of sp³-hybridized carbons (Fsp3) is 0.500. The fourth-order valence-electron chi connectivity index (χ4n) is 7.54. The summed E-state index contributed by atoms with van der Waals surface area (Å²) in [5.74, 6) is 0.753. The van der Waals surface area contributed by atoms with E-state index in [2.05, 4.69) is 51.9 Å². The molecule has 2 N–H and O–H groups in total. The predicted molar refractivity (Wildman–Crippen MR) is 165 cm³/mol. The average Bonchev–Trinajstić information content (AvgIpc) is 3.36. The zero-order valence-electron chi connectivity index (χ0n) is 24.5. The summed E-state index contributed by atoms with van der Waals surface area (Å²) in [7, 11) is 0. The number of carbonyl (C=O) groups excluding carboxylic acids is 1. The quantitative estimate of drug-likeness (QED) is 0.344. The van der Waals surface area contributed by atoms with Crippen molar-refractivity contribution in [1.29, 1.82) is 0 Å². The Morgan fingerprint density at radius 1 is 0.952 bits per heavy atom. The van der Waals surface area contributed by atoms with E-state index in [-0.39, 0.29) is 11.9 Å². The van der Waals surface area contributed by atoms with Crippen molar-refractivity contribution in [2.45, 2.75) is 70.1 Å². The highest BCUT2D eigenvalue weighted by molar-refractivity contribution is 6.09. The highest BCUT2D eigenvalue weighted by atomic mass is 16.5. The molecule has 1 aromatic carbocycles. The van der Waals surface area contributed by atoms with Crippen LogP contribution in [-0.2, 0) is 29.0 Å². The van der Waals surface area contributed by atoms with Crippen LogP contribution in [-0.4, -0.2) is 69.1 Å². The fourth-order valence-corrected chi connectivity index (χ4v) is 7.54. The van der Waals surface area contributed by atoms with Crippen LogP contribution < -0.4 is 5.73 Å². The minimum Gasteiger partial charge on any atom is -0.378 e. The highest BCUT2D eigenvalue weighted by Gasteiger charge is 2.31. The Hall–Kier alpha value is -3.33. The van der Waals surface area contributed by atoms with Crippen molar-refractivity contribution < 1.29 is 9.53 Å². The summed E-state index contributed by atoms with van der Waals surface area (Å²) in [6.07, 6.45) is 11.8. The van der Waals surface area contributed by atoms with Crippen LogP contribution in [0.2, 0.25) is 0 Å². The van der Waals surface area contributed by atoms with Crippen LogP contribution in [0.5, 0.6) is 0 Å². The van der Waals surface area contributed by atoms with E-state index in [9.17, 15) is 4.79 Å². The zero-order chi connectivity index (χ0) is 28.5. The molecule has 0 bridgehead atoms. The molecule has 42 heavy (non-hydrogen) atoms. The van der Waals surface area contributed by atoms with Gasteiger partial charge in [0.1, 0.15) is 6.54 Å². The summed E-state index contributed by atoms with van der Waals surface area (Å²) < 4.78 is 7.73. The molecule has 2 aliphatic carbocycles. The minimum absolute atomic E-state index is 0.136. The number of nitrogens with zero attached hydrogens (tertiary/aromatic N) is 5. The molecule has 1 saturated heterocycles. The van der Waals surface area contributed by atoms with Crippen molar-refractivity contribution >= 4 is 27.7 Å². The molecule has 1 saturated carbocycles. The lowest BCUT2D eigenvalue weighted by atomic mass is 9.84. The first-order chi connectivity index (χ1) is 20.7. The molecule has 0 unspecified atom stereocenters. The molecule has 8 nitrogen and oxygen atoms in total. The van der Waals surface area contributed by atoms with Gasteiger partial charge in [0, 0.05) is 60.9 Å². The van der Waals surface area contributed by atoms with Gasteiger partial charge < -0.3 is 19.9 Å². The van der Waals surface area contributed by atoms with Gasteiger partial charge in [0.2, 0.25) is 5.91 Å². The Labute approximate surface area is 247 Å². The van der Waals surface area contributed by atoms with Crippen molar-refractivity contribution in [1.82, 2.24) is 24.3 Å². The van der Waals surface area contributed by atoms with Gasteiger partial charge in [-0.2, -0.15) is 0 Å². The molecule has 220 valence electrons. The monoisotopic (exact) mass is 566 g/mol. The predicted octanol–water partition coefficient (Wildman–Crippen LogP) is 4.84. The number of carbonyl (C=O) groups is 1. The van der Waals surface area contributed by atoms with Gasteiger partial charge in [-0.15, -0.1) is 0 Å². The molecule has 1 aliphatic heterocycles. The van der Waals surface area contributed by atoms with E-state index < -0.39 is 0 Å². The summed E-state index contributed by atoms with van der Waals surface area (Å²) in [6.45, 7) is 4.54. The molecule has 1 atom stereocenters. The first-order valence-corrected chi connectivity index (χ1v) is 15.8. The van der Waals surface area contributed by atoms with Gasteiger partial charge in [-0.1, -0.05) is 24.3 Å². The third-order valence-electron chi connectivity index (χ3n) is 9.76. The maximum Gasteiger partial charge on any atom is 0.242 e. The molecule has 3 aliphatic rings. The molecule has 8 heteroatoms. The first kappa shape index (κ1) is 27.5. The number of para-hydroxylation sites is 1. The first-order valence-electron chi connectivity index (χ1n) is 15.8. The van der Waals surface area contributed by atoms with Gasteiger partial charge in [-0.05, 0) is 74.6 Å². The topological polar surface area (TPSA) is 89.5 Å². The Kier molecular flexibility index (Phi) is 7.93. The van der Waals surface area contributed by atoms with Gasteiger partial charge in [0.25, 0.3) is 0 Å². The van der Waals surface area contributed by atoms with Gasteiger partial charge in [-0.3, -0.25) is 19.7 Å². The van der Waals surface area contributed by atoms with Crippen molar-refractivity contribution in [3.8, 4) is 0 Å². The smallest absolute Gasteiger partial charge is 0.242 e. The second-order valence-corrected chi connectivity index (χ2v) is 12.4. The van der Waals surface area contributed by atoms with Crippen LogP contribution in [0, 0.1) is 5.92 Å². The van der Waals surface area contributed by atoms with Crippen LogP contribution >= 0.6 is 0 Å². The normalized spacial score (nSPS) is 23.0. The minimum atomic E-state index is 0.136. The van der Waals surface area contributed by atoms with Gasteiger partial charge in [0.05, 0.1) is 36.2 Å². The van der Waals surface area contributed by atoms with Gasteiger partial charge >= 0.3 is 0 Å². The van der Waals surface area contributed by atoms with Crippen LogP contribution in [0.25, 0.3) is 21.8 Å². The number of ether oxygens (including phenoxy) is 1. The lowest BCUT2D eigenvalue weighted by Gasteiger charge is -2.38. The second-order valence-electron chi connectivity index (χ2n) is 12.4. The Balaban J connectivity index is 1.28. The van der Waals surface area contributed by atoms with Crippen molar-refractivity contribution in [2.24, 2.45) is 11.7 Å². The SMILES string of the molecule is N[C@H]1CC[C@@H](CN(Cc2nccc3c4ccccc4n(CC(=O)N4CCOCC4)c23)[C@H]2CCCc3cccnc32)CC1. The van der Waals surface area contributed by atoms with Crippen LogP contribution in [0.15, 0.2) is 54.9 Å². The third kappa shape index (κ3) is 5.43. The van der Waals surface area contributed by atoms with Crippen molar-refractivity contribution in [2.75, 3.05) is 32.8 Å². The molecule has 0 radical (unpaired) electrons. The maximum atomic E-state index is 13.6. The number of nitrogens with two attached hydrogens (primary N) is 1. The molecular weight excluding hydrogens is 524 g/mol. The lowest BCUT2D eigenvalue weighted by Crippen LogP contribution is -2.42. The number of aryl methyl sites for hydroxylation is 1. The third-order valence-corrected chi connectivity index (χ3v) is 9.76. The van der Waals surface area contributed by atoms with E-state index >= 15 is 0 Å². The van der Waals surface area contributed by atoms with E-state index in [1.807, 2.05) is 17.3 Å². The largest absolute Gasteiger partial charge is 0.378 e. The number of fused-ring (bicyclic) bond motifs is 4. The summed E-state index contributed by atoms with van der Waals surface area (Å²) in [5.41, 5.74) is 12.1. The highest BCUT2D eigenvalue weighted by Crippen LogP contribution is 2.38. The molecule has 4 heterocycles. The average molecular weight is 567 g/mol. The summed E-state index contributed by atoms with van der Waals surface area (Å²) in [6, 6.07) is 15.5. The molecular formula is C34H42N6O2. The molecule has 0 spiro atoms. The second kappa shape index (κ2) is 12.1. The molecule has 2 fully saturated rings. The maximum absolute atomic E-state index is 13.6. The van der Waals surface area contributed by atoms with E-state index in [4.69, 9.17) is 20.4 Å². The number of hydrogen-bond donors (Lipinski definition) is 1. The Morgan fingerprint density at radius 2 is 1.79 bits per heavy atom. The number of pyridine rings is 2.